The summed E-state index contributed by atoms with van der Waals surface area (Å²) in [4.78, 5) is 2.62. The molecule has 0 aliphatic carbocycles. The van der Waals surface area contributed by atoms with Gasteiger partial charge in [-0.25, -0.2) is 0 Å². The zero-order chi connectivity index (χ0) is 15.9. The third-order valence-corrected chi connectivity index (χ3v) is 4.60. The van der Waals surface area contributed by atoms with Crippen molar-refractivity contribution in [2.24, 2.45) is 0 Å². The van der Waals surface area contributed by atoms with Gasteiger partial charge < -0.3 is 0 Å². The Kier molecular flexibility index (Phi) is 19.6. The maximum Gasteiger partial charge on any atom is 0.00412 e. The van der Waals surface area contributed by atoms with Crippen molar-refractivity contribution in [2.45, 2.75) is 124 Å². The van der Waals surface area contributed by atoms with E-state index in [9.17, 15) is 0 Å². The van der Waals surface area contributed by atoms with E-state index in [4.69, 9.17) is 0 Å². The first-order valence-corrected chi connectivity index (χ1v) is 9.85. The maximum absolute atomic E-state index is 2.62. The van der Waals surface area contributed by atoms with Gasteiger partial charge in [-0.15, -0.1) is 12.4 Å². The number of rotatable bonds is 15. The second kappa shape index (κ2) is 17.6. The highest BCUT2D eigenvalue weighted by Gasteiger charge is 2.11. The van der Waals surface area contributed by atoms with Gasteiger partial charge in [-0.2, -0.15) is 0 Å². The van der Waals surface area contributed by atoms with Crippen molar-refractivity contribution in [2.75, 3.05) is 6.54 Å². The fourth-order valence-corrected chi connectivity index (χ4v) is 3.25. The van der Waals surface area contributed by atoms with Crippen LogP contribution in [0, 0.1) is 0 Å². The summed E-state index contributed by atoms with van der Waals surface area (Å²) in [7, 11) is 0. The number of nitrogens with zero attached hydrogens (tertiary/aromatic N) is 1. The van der Waals surface area contributed by atoms with E-state index in [0.717, 1.165) is 0 Å². The molecular weight excluding hydrogens is 290 g/mol. The third-order valence-electron chi connectivity index (χ3n) is 4.60. The van der Waals surface area contributed by atoms with Gasteiger partial charge in [0, 0.05) is 12.1 Å². The van der Waals surface area contributed by atoms with E-state index in [1.54, 1.807) is 0 Å². The Bertz CT molecular complexity index is 196. The SMILES string of the molecule is CCCCCCCCCCCCCCN(C(C)C)C(C)C.Cl. The van der Waals surface area contributed by atoms with Crippen LogP contribution in [0.5, 0.6) is 0 Å². The van der Waals surface area contributed by atoms with Crippen molar-refractivity contribution >= 4 is 12.4 Å². The smallest absolute Gasteiger partial charge is 0.00412 e. The molecule has 0 fully saturated rings. The molecule has 0 aromatic rings. The Morgan fingerprint density at radius 3 is 1.18 bits per heavy atom. The van der Waals surface area contributed by atoms with Gasteiger partial charge in [0.15, 0.2) is 0 Å². The van der Waals surface area contributed by atoms with Gasteiger partial charge in [0.1, 0.15) is 0 Å². The molecule has 1 nitrogen and oxygen atoms in total. The largest absolute Gasteiger partial charge is 0.299 e. The Labute approximate surface area is 148 Å². The van der Waals surface area contributed by atoms with Crippen LogP contribution in [0.1, 0.15) is 112 Å². The van der Waals surface area contributed by atoms with Gasteiger partial charge in [0.05, 0.1) is 0 Å². The molecule has 0 aromatic carbocycles. The van der Waals surface area contributed by atoms with Crippen molar-refractivity contribution in [1.82, 2.24) is 4.90 Å². The van der Waals surface area contributed by atoms with Crippen LogP contribution in [0.25, 0.3) is 0 Å². The zero-order valence-electron chi connectivity index (χ0n) is 16.2. The summed E-state index contributed by atoms with van der Waals surface area (Å²) in [5, 5.41) is 0. The highest BCUT2D eigenvalue weighted by Crippen LogP contribution is 2.13. The van der Waals surface area contributed by atoms with Crippen molar-refractivity contribution in [1.29, 1.82) is 0 Å². The fraction of sp³-hybridized carbons (Fsp3) is 1.00. The molecule has 0 N–H and O–H groups in total. The van der Waals surface area contributed by atoms with Crippen LogP contribution < -0.4 is 0 Å². The molecule has 136 valence electrons. The van der Waals surface area contributed by atoms with Crippen molar-refractivity contribution in [3.63, 3.8) is 0 Å². The molecule has 0 radical (unpaired) electrons. The maximum atomic E-state index is 2.62. The molecule has 0 bridgehead atoms. The summed E-state index contributed by atoms with van der Waals surface area (Å²) in [6.07, 6.45) is 17.3. The molecular formula is C20H44ClN. The molecule has 0 saturated heterocycles. The monoisotopic (exact) mass is 333 g/mol. The number of halogens is 1. The third kappa shape index (κ3) is 15.2. The van der Waals surface area contributed by atoms with Crippen molar-refractivity contribution < 1.29 is 0 Å². The number of hydrogen-bond donors (Lipinski definition) is 0. The molecule has 0 unspecified atom stereocenters. The minimum absolute atomic E-state index is 0. The van der Waals surface area contributed by atoms with Gasteiger partial charge >= 0.3 is 0 Å². The van der Waals surface area contributed by atoms with E-state index in [-0.39, 0.29) is 12.4 Å². The standard InChI is InChI=1S/C20H43N.ClH/c1-6-7-8-9-10-11-12-13-14-15-16-17-18-21(19(2)3)20(4)5;/h19-20H,6-18H2,1-5H3;1H. The average molecular weight is 334 g/mol. The van der Waals surface area contributed by atoms with Crippen molar-refractivity contribution in [3.8, 4) is 0 Å². The Hall–Kier alpha value is 0.250. The second-order valence-corrected chi connectivity index (χ2v) is 7.31. The molecule has 0 atom stereocenters. The lowest BCUT2D eigenvalue weighted by molar-refractivity contribution is 0.171. The van der Waals surface area contributed by atoms with E-state index < -0.39 is 0 Å². The van der Waals surface area contributed by atoms with Gasteiger partial charge in [0.25, 0.3) is 0 Å². The van der Waals surface area contributed by atoms with E-state index in [1.165, 1.54) is 83.6 Å². The summed E-state index contributed by atoms with van der Waals surface area (Å²) >= 11 is 0. The molecule has 0 spiro atoms. The summed E-state index contributed by atoms with van der Waals surface area (Å²) in [6.45, 7) is 12.9. The van der Waals surface area contributed by atoms with Crippen LogP contribution in [-0.2, 0) is 0 Å². The predicted molar refractivity (Wildman–Crippen MR) is 105 cm³/mol. The summed E-state index contributed by atoms with van der Waals surface area (Å²) in [5.74, 6) is 0. The Balaban J connectivity index is 0. The van der Waals surface area contributed by atoms with Gasteiger partial charge in [0.2, 0.25) is 0 Å². The molecule has 0 aromatic heterocycles. The molecule has 0 aliphatic heterocycles. The predicted octanol–water partition coefficient (Wildman–Crippen LogP) is 7.23. The van der Waals surface area contributed by atoms with Gasteiger partial charge in [-0.1, -0.05) is 77.6 Å². The van der Waals surface area contributed by atoms with Crippen LogP contribution in [0.4, 0.5) is 0 Å². The lowest BCUT2D eigenvalue weighted by Crippen LogP contribution is -2.37. The van der Waals surface area contributed by atoms with Crippen molar-refractivity contribution in [3.05, 3.63) is 0 Å². The molecule has 0 saturated carbocycles. The quantitative estimate of drug-likeness (QED) is 0.286. The lowest BCUT2D eigenvalue weighted by Gasteiger charge is -2.30. The van der Waals surface area contributed by atoms with Crippen LogP contribution in [0.3, 0.4) is 0 Å². The highest BCUT2D eigenvalue weighted by atomic mass is 35.5. The molecule has 0 rings (SSSR count). The van der Waals surface area contributed by atoms with E-state index >= 15 is 0 Å². The van der Waals surface area contributed by atoms with E-state index in [1.807, 2.05) is 0 Å². The normalized spacial score (nSPS) is 11.5. The highest BCUT2D eigenvalue weighted by molar-refractivity contribution is 5.85. The van der Waals surface area contributed by atoms with Gasteiger partial charge in [-0.05, 0) is 40.7 Å². The van der Waals surface area contributed by atoms with E-state index in [0.29, 0.717) is 12.1 Å². The Morgan fingerprint density at radius 1 is 0.545 bits per heavy atom. The van der Waals surface area contributed by atoms with Crippen LogP contribution >= 0.6 is 12.4 Å². The summed E-state index contributed by atoms with van der Waals surface area (Å²) < 4.78 is 0. The van der Waals surface area contributed by atoms with E-state index in [2.05, 4.69) is 39.5 Å². The van der Waals surface area contributed by atoms with Crippen LogP contribution in [0.15, 0.2) is 0 Å². The minimum atomic E-state index is 0. The molecule has 22 heavy (non-hydrogen) atoms. The van der Waals surface area contributed by atoms with Crippen LogP contribution in [0.2, 0.25) is 0 Å². The topological polar surface area (TPSA) is 3.24 Å². The summed E-state index contributed by atoms with van der Waals surface area (Å²) in [5.41, 5.74) is 0. The first kappa shape index (κ1) is 24.5. The number of hydrogen-bond acceptors (Lipinski definition) is 1. The minimum Gasteiger partial charge on any atom is -0.299 e. The molecule has 0 heterocycles. The summed E-state index contributed by atoms with van der Waals surface area (Å²) in [6, 6.07) is 1.38. The zero-order valence-corrected chi connectivity index (χ0v) is 17.0. The average Bonchev–Trinajstić information content (AvgIpc) is 2.43. The first-order chi connectivity index (χ1) is 10.1. The fourth-order valence-electron chi connectivity index (χ4n) is 3.25. The lowest BCUT2D eigenvalue weighted by atomic mass is 10.0. The second-order valence-electron chi connectivity index (χ2n) is 7.31. The first-order valence-electron chi connectivity index (χ1n) is 9.85. The number of unbranched alkanes of at least 4 members (excludes halogenated alkanes) is 11. The molecule has 2 heteroatoms. The van der Waals surface area contributed by atoms with Crippen LogP contribution in [-0.4, -0.2) is 23.5 Å². The molecule has 0 aliphatic rings. The Morgan fingerprint density at radius 2 is 0.864 bits per heavy atom. The molecule has 0 amide bonds. The van der Waals surface area contributed by atoms with Gasteiger partial charge in [-0.3, -0.25) is 4.90 Å².